The average Bonchev–Trinajstić information content (AvgIpc) is 3.69. The number of rotatable bonds is 9. The molecular weight excluding hydrogens is 576 g/mol. The van der Waals surface area contributed by atoms with E-state index in [1.807, 2.05) is 89.8 Å². The fourth-order valence-electron chi connectivity index (χ4n) is 5.05. The molecule has 1 saturated heterocycles. The lowest BCUT2D eigenvalue weighted by atomic mass is 10.0. The first-order valence-corrected chi connectivity index (χ1v) is 14.3. The van der Waals surface area contributed by atoms with Crippen LogP contribution in [0.3, 0.4) is 0 Å². The van der Waals surface area contributed by atoms with Gasteiger partial charge in [-0.1, -0.05) is 36.4 Å². The van der Waals surface area contributed by atoms with Crippen molar-refractivity contribution in [2.45, 2.75) is 12.1 Å². The third-order valence-electron chi connectivity index (χ3n) is 7.15. The lowest BCUT2D eigenvalue weighted by Gasteiger charge is -2.26. The number of aromatic nitrogens is 1. The predicted octanol–water partition coefficient (Wildman–Crippen LogP) is 6.32. The highest BCUT2D eigenvalue weighted by Gasteiger charge is 2.42. The molecule has 2 aromatic heterocycles. The van der Waals surface area contributed by atoms with Crippen LogP contribution < -0.4 is 20.3 Å². The van der Waals surface area contributed by atoms with Crippen molar-refractivity contribution in [2.24, 2.45) is 0 Å². The second-order valence-corrected chi connectivity index (χ2v) is 10.4. The molecule has 0 unspecified atom stereocenters. The van der Waals surface area contributed by atoms with Crippen molar-refractivity contribution in [3.8, 4) is 17.1 Å². The summed E-state index contributed by atoms with van der Waals surface area (Å²) in [5, 5.41) is 6.80. The largest absolute Gasteiger partial charge is 0.484 e. The van der Waals surface area contributed by atoms with E-state index < -0.39 is 5.97 Å². The number of pyridine rings is 1. The number of para-hydroxylation sites is 1. The number of carbonyl (C=O) groups excluding carboxylic acids is 2. The zero-order valence-corrected chi connectivity index (χ0v) is 24.5. The van der Waals surface area contributed by atoms with E-state index in [0.717, 1.165) is 16.9 Å². The molecule has 1 fully saturated rings. The second kappa shape index (κ2) is 12.8. The highest BCUT2D eigenvalue weighted by molar-refractivity contribution is 7.80. The molecule has 5 aromatic rings. The molecule has 0 bridgehead atoms. The summed E-state index contributed by atoms with van der Waals surface area (Å²) in [7, 11) is 1.35. The van der Waals surface area contributed by atoms with Crippen LogP contribution in [0.4, 0.5) is 11.4 Å². The lowest BCUT2D eigenvalue weighted by molar-refractivity contribution is -0.118. The molecule has 1 aliphatic heterocycles. The molecular formula is C34H28N4O5S. The molecule has 10 heteroatoms. The van der Waals surface area contributed by atoms with Gasteiger partial charge in [-0.25, -0.2) is 4.79 Å². The number of nitrogens with zero attached hydrogens (tertiary/aromatic N) is 2. The Hall–Kier alpha value is -5.48. The first-order valence-electron chi connectivity index (χ1n) is 13.9. The van der Waals surface area contributed by atoms with Crippen molar-refractivity contribution >= 4 is 40.6 Å². The maximum atomic E-state index is 12.5. The Morgan fingerprint density at radius 1 is 0.932 bits per heavy atom. The minimum Gasteiger partial charge on any atom is -0.484 e. The Bertz CT molecular complexity index is 1760. The van der Waals surface area contributed by atoms with Gasteiger partial charge < -0.3 is 29.4 Å². The molecule has 220 valence electrons. The zero-order chi connectivity index (χ0) is 30.5. The predicted molar refractivity (Wildman–Crippen MR) is 170 cm³/mol. The van der Waals surface area contributed by atoms with Crippen LogP contribution in [-0.2, 0) is 9.53 Å². The smallest absolute Gasteiger partial charge is 0.337 e. The van der Waals surface area contributed by atoms with Crippen LogP contribution in [-0.4, -0.2) is 35.7 Å². The molecule has 44 heavy (non-hydrogen) atoms. The fraction of sp³-hybridized carbons (Fsp3) is 0.118. The molecule has 1 amide bonds. The summed E-state index contributed by atoms with van der Waals surface area (Å²) in [6, 6.07) is 32.6. The molecule has 0 spiro atoms. The van der Waals surface area contributed by atoms with Gasteiger partial charge in [0.15, 0.2) is 11.7 Å². The maximum Gasteiger partial charge on any atom is 0.337 e. The van der Waals surface area contributed by atoms with Crippen LogP contribution in [0.15, 0.2) is 120 Å². The number of carbonyl (C=O) groups is 2. The molecule has 3 aromatic carbocycles. The van der Waals surface area contributed by atoms with Gasteiger partial charge in [0.05, 0.1) is 24.4 Å². The van der Waals surface area contributed by atoms with E-state index in [-0.39, 0.29) is 24.6 Å². The first kappa shape index (κ1) is 28.6. The van der Waals surface area contributed by atoms with Crippen molar-refractivity contribution < 1.29 is 23.5 Å². The van der Waals surface area contributed by atoms with Crippen molar-refractivity contribution in [3.05, 3.63) is 132 Å². The van der Waals surface area contributed by atoms with Crippen LogP contribution in [0.1, 0.15) is 33.9 Å². The minimum absolute atomic E-state index is 0.105. The van der Waals surface area contributed by atoms with Crippen molar-refractivity contribution in [1.29, 1.82) is 0 Å². The fourth-order valence-corrected chi connectivity index (χ4v) is 5.39. The highest BCUT2D eigenvalue weighted by Crippen LogP contribution is 2.43. The van der Waals surface area contributed by atoms with Crippen LogP contribution in [0.25, 0.3) is 11.3 Å². The Morgan fingerprint density at radius 3 is 2.39 bits per heavy atom. The number of ether oxygens (including phenoxy) is 2. The van der Waals surface area contributed by atoms with E-state index in [2.05, 4.69) is 15.6 Å². The van der Waals surface area contributed by atoms with Gasteiger partial charge in [0.25, 0.3) is 5.91 Å². The molecule has 2 N–H and O–H groups in total. The van der Waals surface area contributed by atoms with E-state index in [4.69, 9.17) is 26.1 Å². The number of hydrogen-bond donors (Lipinski definition) is 2. The van der Waals surface area contributed by atoms with E-state index in [1.165, 1.54) is 7.11 Å². The lowest BCUT2D eigenvalue weighted by Crippen LogP contribution is -2.29. The van der Waals surface area contributed by atoms with E-state index in [0.29, 0.717) is 33.6 Å². The summed E-state index contributed by atoms with van der Waals surface area (Å²) in [4.78, 5) is 30.9. The zero-order valence-electron chi connectivity index (χ0n) is 23.7. The normalized spacial score (nSPS) is 15.8. The van der Waals surface area contributed by atoms with E-state index >= 15 is 0 Å². The standard InChI is InChI=1S/C34H28N4O5S/c1-41-33(40)23-12-10-22(11-13-23)28-18-19-29(43-28)32-31(27-9-5-6-20-35-27)37-34(44)38(32)25-16-14-24(15-17-25)36-30(39)21-42-26-7-3-2-4-8-26/h2-20,31-32H,21H2,1H3,(H,36,39)(H,37,44)/t31-,32+/m1/s1. The summed E-state index contributed by atoms with van der Waals surface area (Å²) in [5.74, 6) is 1.28. The number of amides is 1. The topological polar surface area (TPSA) is 106 Å². The summed E-state index contributed by atoms with van der Waals surface area (Å²) in [6.45, 7) is -0.105. The molecule has 1 aliphatic rings. The van der Waals surface area contributed by atoms with Gasteiger partial charge in [0.2, 0.25) is 0 Å². The van der Waals surface area contributed by atoms with Gasteiger partial charge in [-0.05, 0) is 85.0 Å². The number of benzene rings is 3. The van der Waals surface area contributed by atoms with E-state index in [1.54, 1.807) is 30.5 Å². The molecule has 2 atom stereocenters. The van der Waals surface area contributed by atoms with Crippen LogP contribution in [0.5, 0.6) is 5.75 Å². The first-order chi connectivity index (χ1) is 21.5. The van der Waals surface area contributed by atoms with Gasteiger partial charge in [-0.2, -0.15) is 0 Å². The van der Waals surface area contributed by atoms with Gasteiger partial charge in [-0.3, -0.25) is 9.78 Å². The highest BCUT2D eigenvalue weighted by atomic mass is 32.1. The van der Waals surface area contributed by atoms with Gasteiger partial charge in [-0.15, -0.1) is 0 Å². The molecule has 9 nitrogen and oxygen atoms in total. The number of furan rings is 1. The van der Waals surface area contributed by atoms with Crippen molar-refractivity contribution in [2.75, 3.05) is 23.9 Å². The monoisotopic (exact) mass is 604 g/mol. The molecule has 6 rings (SSSR count). The third-order valence-corrected chi connectivity index (χ3v) is 7.46. The van der Waals surface area contributed by atoms with Crippen molar-refractivity contribution in [3.63, 3.8) is 0 Å². The Morgan fingerprint density at radius 2 is 1.68 bits per heavy atom. The second-order valence-electron chi connectivity index (χ2n) is 9.96. The Labute approximate surface area is 259 Å². The minimum atomic E-state index is -0.401. The van der Waals surface area contributed by atoms with Crippen LogP contribution in [0.2, 0.25) is 0 Å². The number of anilines is 2. The number of esters is 1. The summed E-state index contributed by atoms with van der Waals surface area (Å²) in [6.07, 6.45) is 1.75. The summed E-state index contributed by atoms with van der Waals surface area (Å²) < 4.78 is 16.8. The molecule has 0 aliphatic carbocycles. The number of hydrogen-bond acceptors (Lipinski definition) is 7. The molecule has 0 saturated carbocycles. The Balaban J connectivity index is 1.24. The average molecular weight is 605 g/mol. The van der Waals surface area contributed by atoms with E-state index in [9.17, 15) is 9.59 Å². The van der Waals surface area contributed by atoms with Gasteiger partial charge in [0.1, 0.15) is 23.3 Å². The van der Waals surface area contributed by atoms with Crippen molar-refractivity contribution in [1.82, 2.24) is 10.3 Å². The van der Waals surface area contributed by atoms with Crippen LogP contribution >= 0.6 is 12.2 Å². The van der Waals surface area contributed by atoms with Crippen LogP contribution in [0, 0.1) is 0 Å². The number of thiocarbonyl (C=S) groups is 1. The third kappa shape index (κ3) is 6.16. The SMILES string of the molecule is COC(=O)c1ccc(-c2ccc([C@H]3[C@@H](c4ccccn4)NC(=S)N3c3ccc(NC(=O)COc4ccccc4)cc3)o2)cc1. The molecule has 0 radical (unpaired) electrons. The van der Waals surface area contributed by atoms with Gasteiger partial charge >= 0.3 is 5.97 Å². The summed E-state index contributed by atoms with van der Waals surface area (Å²) >= 11 is 5.83. The Kier molecular flexibility index (Phi) is 8.33. The number of methoxy groups -OCH3 is 1. The summed E-state index contributed by atoms with van der Waals surface area (Å²) in [5.41, 5.74) is 3.52. The number of nitrogens with one attached hydrogen (secondary N) is 2. The quantitative estimate of drug-likeness (QED) is 0.148. The molecule has 3 heterocycles. The maximum absolute atomic E-state index is 12.5. The van der Waals surface area contributed by atoms with Gasteiger partial charge in [0, 0.05) is 23.1 Å².